The molecule has 0 bridgehead atoms. The van der Waals surface area contributed by atoms with Crippen molar-refractivity contribution in [3.63, 3.8) is 0 Å². The number of hydrogen-bond acceptors (Lipinski definition) is 3. The van der Waals surface area contributed by atoms with Gasteiger partial charge < -0.3 is 15.1 Å². The van der Waals surface area contributed by atoms with E-state index >= 15 is 0 Å². The Bertz CT molecular complexity index is 572. The third-order valence-corrected chi connectivity index (χ3v) is 3.23. The molecule has 106 valence electrons. The number of amides is 1. The molecule has 1 aromatic heterocycles. The van der Waals surface area contributed by atoms with Crippen LogP contribution in [-0.2, 0) is 0 Å². The van der Waals surface area contributed by atoms with Gasteiger partial charge in [-0.1, -0.05) is 17.7 Å². The van der Waals surface area contributed by atoms with Crippen molar-refractivity contribution in [2.45, 2.75) is 20.3 Å². The summed E-state index contributed by atoms with van der Waals surface area (Å²) >= 11 is 0. The molecule has 1 amide bonds. The minimum atomic E-state index is -0.121. The predicted molar refractivity (Wildman–Crippen MR) is 80.0 cm³/mol. The van der Waals surface area contributed by atoms with Crippen LogP contribution in [0.1, 0.15) is 28.1 Å². The van der Waals surface area contributed by atoms with E-state index in [9.17, 15) is 4.79 Å². The molecule has 2 rings (SSSR count). The van der Waals surface area contributed by atoms with E-state index in [1.807, 2.05) is 38.1 Å². The summed E-state index contributed by atoms with van der Waals surface area (Å²) in [6, 6.07) is 9.67. The standard InChI is InChI=1S/C16H20N2O2/c1-12-4-6-14(7-5-12)18(10-3-9-17)16(19)15-13(2)8-11-20-15/h4-8,11H,3,9-10,17H2,1-2H3. The molecule has 0 saturated carbocycles. The maximum Gasteiger partial charge on any atom is 0.294 e. The third-order valence-electron chi connectivity index (χ3n) is 3.23. The molecule has 0 atom stereocenters. The zero-order chi connectivity index (χ0) is 14.5. The predicted octanol–water partition coefficient (Wildman–Crippen LogP) is 2.89. The fraction of sp³-hybridized carbons (Fsp3) is 0.312. The maximum atomic E-state index is 12.6. The van der Waals surface area contributed by atoms with Crippen molar-refractivity contribution in [3.8, 4) is 0 Å². The van der Waals surface area contributed by atoms with E-state index in [2.05, 4.69) is 0 Å². The monoisotopic (exact) mass is 272 g/mol. The first-order chi connectivity index (χ1) is 9.63. The lowest BCUT2D eigenvalue weighted by Gasteiger charge is -2.22. The summed E-state index contributed by atoms with van der Waals surface area (Å²) in [6.07, 6.45) is 2.29. The Morgan fingerprint density at radius 3 is 2.45 bits per heavy atom. The highest BCUT2D eigenvalue weighted by atomic mass is 16.3. The quantitative estimate of drug-likeness (QED) is 0.910. The van der Waals surface area contributed by atoms with Gasteiger partial charge in [0, 0.05) is 17.8 Å². The second-order valence-corrected chi connectivity index (χ2v) is 4.87. The number of benzene rings is 1. The third kappa shape index (κ3) is 3.08. The summed E-state index contributed by atoms with van der Waals surface area (Å²) < 4.78 is 5.31. The summed E-state index contributed by atoms with van der Waals surface area (Å²) in [6.45, 7) is 5.02. The Balaban J connectivity index is 2.30. The average Bonchev–Trinajstić information content (AvgIpc) is 2.87. The summed E-state index contributed by atoms with van der Waals surface area (Å²) in [5, 5.41) is 0. The molecule has 0 aliphatic rings. The van der Waals surface area contributed by atoms with Crippen molar-refractivity contribution in [3.05, 3.63) is 53.5 Å². The van der Waals surface area contributed by atoms with Crippen LogP contribution in [0, 0.1) is 13.8 Å². The lowest BCUT2D eigenvalue weighted by atomic mass is 10.2. The van der Waals surface area contributed by atoms with Gasteiger partial charge in [-0.05, 0) is 45.0 Å². The van der Waals surface area contributed by atoms with Crippen molar-refractivity contribution < 1.29 is 9.21 Å². The van der Waals surface area contributed by atoms with Gasteiger partial charge in [-0.3, -0.25) is 4.79 Å². The van der Waals surface area contributed by atoms with E-state index in [1.54, 1.807) is 17.2 Å². The normalized spacial score (nSPS) is 10.6. The van der Waals surface area contributed by atoms with Crippen molar-refractivity contribution in [2.24, 2.45) is 5.73 Å². The highest BCUT2D eigenvalue weighted by Crippen LogP contribution is 2.20. The fourth-order valence-corrected chi connectivity index (χ4v) is 2.04. The van der Waals surface area contributed by atoms with Crippen molar-refractivity contribution >= 4 is 11.6 Å². The molecule has 4 nitrogen and oxygen atoms in total. The van der Waals surface area contributed by atoms with Crippen LogP contribution in [0.2, 0.25) is 0 Å². The van der Waals surface area contributed by atoms with Gasteiger partial charge in [0.05, 0.1) is 6.26 Å². The van der Waals surface area contributed by atoms with Gasteiger partial charge in [-0.15, -0.1) is 0 Å². The van der Waals surface area contributed by atoms with E-state index in [0.717, 1.165) is 23.2 Å². The fourth-order valence-electron chi connectivity index (χ4n) is 2.04. The van der Waals surface area contributed by atoms with Gasteiger partial charge in [-0.25, -0.2) is 0 Å². The number of nitrogens with zero attached hydrogens (tertiary/aromatic N) is 1. The minimum Gasteiger partial charge on any atom is -0.459 e. The summed E-state index contributed by atoms with van der Waals surface area (Å²) in [5.41, 5.74) is 8.44. The Labute approximate surface area is 119 Å². The van der Waals surface area contributed by atoms with E-state index in [4.69, 9.17) is 10.2 Å². The van der Waals surface area contributed by atoms with E-state index < -0.39 is 0 Å². The highest BCUT2D eigenvalue weighted by Gasteiger charge is 2.21. The smallest absolute Gasteiger partial charge is 0.294 e. The highest BCUT2D eigenvalue weighted by molar-refractivity contribution is 6.05. The van der Waals surface area contributed by atoms with E-state index in [-0.39, 0.29) is 5.91 Å². The molecule has 0 unspecified atom stereocenters. The van der Waals surface area contributed by atoms with Gasteiger partial charge in [-0.2, -0.15) is 0 Å². The second kappa shape index (κ2) is 6.39. The number of furan rings is 1. The van der Waals surface area contributed by atoms with Crippen LogP contribution in [0.15, 0.2) is 41.0 Å². The second-order valence-electron chi connectivity index (χ2n) is 4.87. The largest absolute Gasteiger partial charge is 0.459 e. The zero-order valence-electron chi connectivity index (χ0n) is 11.9. The first-order valence-electron chi connectivity index (χ1n) is 6.76. The molecule has 2 aromatic rings. The molecule has 0 fully saturated rings. The molecule has 0 aliphatic heterocycles. The Hall–Kier alpha value is -2.07. The first kappa shape index (κ1) is 14.3. The molecule has 4 heteroatoms. The topological polar surface area (TPSA) is 59.5 Å². The van der Waals surface area contributed by atoms with Crippen LogP contribution in [-0.4, -0.2) is 19.0 Å². The SMILES string of the molecule is Cc1ccc(N(CCCN)C(=O)c2occc2C)cc1. The number of anilines is 1. The van der Waals surface area contributed by atoms with Crippen LogP contribution >= 0.6 is 0 Å². The van der Waals surface area contributed by atoms with E-state index in [0.29, 0.717) is 18.8 Å². The molecular formula is C16H20N2O2. The van der Waals surface area contributed by atoms with Crippen molar-refractivity contribution in [1.82, 2.24) is 0 Å². The number of carbonyl (C=O) groups excluding carboxylic acids is 1. The van der Waals surface area contributed by atoms with Crippen LogP contribution < -0.4 is 10.6 Å². The van der Waals surface area contributed by atoms with Crippen LogP contribution in [0.5, 0.6) is 0 Å². The van der Waals surface area contributed by atoms with Crippen LogP contribution in [0.3, 0.4) is 0 Å². The van der Waals surface area contributed by atoms with Crippen molar-refractivity contribution in [2.75, 3.05) is 18.0 Å². The molecule has 0 radical (unpaired) electrons. The Morgan fingerprint density at radius 1 is 1.20 bits per heavy atom. The number of nitrogens with two attached hydrogens (primary N) is 1. The van der Waals surface area contributed by atoms with E-state index in [1.165, 1.54) is 0 Å². The summed E-state index contributed by atoms with van der Waals surface area (Å²) in [4.78, 5) is 14.3. The molecule has 2 N–H and O–H groups in total. The number of carbonyl (C=O) groups is 1. The molecule has 1 aromatic carbocycles. The zero-order valence-corrected chi connectivity index (χ0v) is 11.9. The molecule has 20 heavy (non-hydrogen) atoms. The Kier molecular flexibility index (Phi) is 4.58. The van der Waals surface area contributed by atoms with Gasteiger partial charge in [0.15, 0.2) is 5.76 Å². The molecule has 0 aliphatic carbocycles. The number of hydrogen-bond donors (Lipinski definition) is 1. The lowest BCUT2D eigenvalue weighted by Crippen LogP contribution is -2.33. The van der Waals surface area contributed by atoms with Crippen LogP contribution in [0.4, 0.5) is 5.69 Å². The van der Waals surface area contributed by atoms with Gasteiger partial charge in [0.2, 0.25) is 0 Å². The number of rotatable bonds is 5. The lowest BCUT2D eigenvalue weighted by molar-refractivity contribution is 0.0959. The average molecular weight is 272 g/mol. The maximum absolute atomic E-state index is 12.6. The van der Waals surface area contributed by atoms with Gasteiger partial charge in [0.1, 0.15) is 0 Å². The summed E-state index contributed by atoms with van der Waals surface area (Å²) in [7, 11) is 0. The number of aryl methyl sites for hydroxylation is 2. The molecule has 0 saturated heterocycles. The Morgan fingerprint density at radius 2 is 1.90 bits per heavy atom. The molecular weight excluding hydrogens is 252 g/mol. The van der Waals surface area contributed by atoms with Crippen LogP contribution in [0.25, 0.3) is 0 Å². The van der Waals surface area contributed by atoms with Gasteiger partial charge in [0.25, 0.3) is 5.91 Å². The minimum absolute atomic E-state index is 0.121. The molecule has 1 heterocycles. The van der Waals surface area contributed by atoms with Gasteiger partial charge >= 0.3 is 0 Å². The summed E-state index contributed by atoms with van der Waals surface area (Å²) in [5.74, 6) is 0.271. The molecule has 0 spiro atoms. The van der Waals surface area contributed by atoms with Crippen molar-refractivity contribution in [1.29, 1.82) is 0 Å². The first-order valence-corrected chi connectivity index (χ1v) is 6.76.